The van der Waals surface area contributed by atoms with Crippen LogP contribution in [0.4, 0.5) is 5.69 Å². The summed E-state index contributed by atoms with van der Waals surface area (Å²) >= 11 is 0. The molecule has 0 saturated carbocycles. The predicted octanol–water partition coefficient (Wildman–Crippen LogP) is 5.15. The van der Waals surface area contributed by atoms with Gasteiger partial charge in [0.25, 0.3) is 11.8 Å². The van der Waals surface area contributed by atoms with Crippen LogP contribution < -0.4 is 14.4 Å². The molecular formula is C31H34N2O5. The van der Waals surface area contributed by atoms with E-state index in [0.717, 1.165) is 16.7 Å². The van der Waals surface area contributed by atoms with Crippen molar-refractivity contribution in [3.63, 3.8) is 0 Å². The number of benzene rings is 3. The summed E-state index contributed by atoms with van der Waals surface area (Å²) in [5.74, 6) is 0.560. The average molecular weight is 515 g/mol. The Bertz CT molecular complexity index is 1330. The molecule has 198 valence electrons. The van der Waals surface area contributed by atoms with Gasteiger partial charge >= 0.3 is 0 Å². The third-order valence-electron chi connectivity index (χ3n) is 7.04. The van der Waals surface area contributed by atoms with Gasteiger partial charge in [0, 0.05) is 12.1 Å². The minimum Gasteiger partial charge on any atom is -0.493 e. The van der Waals surface area contributed by atoms with Crippen LogP contribution in [0.3, 0.4) is 0 Å². The lowest BCUT2D eigenvalue weighted by Gasteiger charge is -2.28. The smallest absolute Gasteiger partial charge is 0.257 e. The van der Waals surface area contributed by atoms with E-state index in [-0.39, 0.29) is 30.7 Å². The fraction of sp³-hybridized carbons (Fsp3) is 0.323. The van der Waals surface area contributed by atoms with Gasteiger partial charge in [0.1, 0.15) is 6.04 Å². The first-order valence-electron chi connectivity index (χ1n) is 12.8. The van der Waals surface area contributed by atoms with Gasteiger partial charge in [-0.1, -0.05) is 50.2 Å². The number of anilines is 1. The molecule has 38 heavy (non-hydrogen) atoms. The molecule has 0 bridgehead atoms. The quantitative estimate of drug-likeness (QED) is 0.369. The topological polar surface area (TPSA) is 76.2 Å². The number of rotatable bonds is 9. The number of amides is 3. The van der Waals surface area contributed by atoms with Crippen molar-refractivity contribution in [1.29, 1.82) is 0 Å². The first-order valence-corrected chi connectivity index (χ1v) is 12.8. The third-order valence-corrected chi connectivity index (χ3v) is 7.04. The van der Waals surface area contributed by atoms with E-state index in [2.05, 4.69) is 13.8 Å². The van der Waals surface area contributed by atoms with Crippen LogP contribution in [0.1, 0.15) is 53.2 Å². The highest BCUT2D eigenvalue weighted by Crippen LogP contribution is 2.30. The van der Waals surface area contributed by atoms with E-state index < -0.39 is 6.04 Å². The Labute approximate surface area is 224 Å². The maximum absolute atomic E-state index is 13.8. The average Bonchev–Trinajstić information content (AvgIpc) is 3.21. The molecule has 1 heterocycles. The van der Waals surface area contributed by atoms with E-state index >= 15 is 0 Å². The number of hydrogen-bond acceptors (Lipinski definition) is 5. The molecule has 1 unspecified atom stereocenters. The van der Waals surface area contributed by atoms with Crippen LogP contribution in [0.5, 0.6) is 11.5 Å². The van der Waals surface area contributed by atoms with Gasteiger partial charge in [-0.05, 0) is 66.3 Å². The van der Waals surface area contributed by atoms with Gasteiger partial charge in [-0.2, -0.15) is 0 Å². The molecule has 1 aliphatic heterocycles. The molecule has 4 rings (SSSR count). The number of aryl methyl sites for hydroxylation is 1. The van der Waals surface area contributed by atoms with Gasteiger partial charge < -0.3 is 14.4 Å². The van der Waals surface area contributed by atoms with E-state index in [1.54, 1.807) is 43.4 Å². The Morgan fingerprint density at radius 2 is 1.66 bits per heavy atom. The lowest BCUT2D eigenvalue weighted by Crippen LogP contribution is -2.46. The molecule has 3 aromatic rings. The summed E-state index contributed by atoms with van der Waals surface area (Å²) in [7, 11) is 3.14. The van der Waals surface area contributed by atoms with Crippen LogP contribution in [-0.2, 0) is 16.0 Å². The number of imide groups is 1. The maximum Gasteiger partial charge on any atom is 0.257 e. The number of hydrogen-bond donors (Lipinski definition) is 0. The van der Waals surface area contributed by atoms with E-state index in [1.165, 1.54) is 4.90 Å². The molecule has 0 aliphatic carbocycles. The SMILES string of the molecule is COc1ccc(CCN(C(=O)c2ccccc2C)C2CC(=O)N(c3ccc(C(C)C)cc3)C2=O)cc1OC. The number of ether oxygens (including phenoxy) is 2. The van der Waals surface area contributed by atoms with Crippen molar-refractivity contribution in [2.24, 2.45) is 0 Å². The summed E-state index contributed by atoms with van der Waals surface area (Å²) in [5.41, 5.74) is 3.89. The van der Waals surface area contributed by atoms with Crippen LogP contribution >= 0.6 is 0 Å². The number of methoxy groups -OCH3 is 2. The molecule has 1 atom stereocenters. The molecule has 0 radical (unpaired) electrons. The summed E-state index contributed by atoms with van der Waals surface area (Å²) in [5, 5.41) is 0. The lowest BCUT2D eigenvalue weighted by atomic mass is 10.0. The van der Waals surface area contributed by atoms with Crippen LogP contribution in [0.2, 0.25) is 0 Å². The van der Waals surface area contributed by atoms with Gasteiger partial charge in [-0.3, -0.25) is 14.4 Å². The Morgan fingerprint density at radius 1 is 0.974 bits per heavy atom. The van der Waals surface area contributed by atoms with Crippen molar-refractivity contribution in [3.05, 3.63) is 89.0 Å². The highest BCUT2D eigenvalue weighted by atomic mass is 16.5. The van der Waals surface area contributed by atoms with Gasteiger partial charge in [0.2, 0.25) is 5.91 Å². The fourth-order valence-electron chi connectivity index (χ4n) is 4.79. The normalized spacial score (nSPS) is 15.2. The Kier molecular flexibility index (Phi) is 8.15. The van der Waals surface area contributed by atoms with E-state index in [4.69, 9.17) is 9.47 Å². The van der Waals surface area contributed by atoms with E-state index in [1.807, 2.05) is 49.4 Å². The first-order chi connectivity index (χ1) is 18.2. The molecule has 0 N–H and O–H groups in total. The summed E-state index contributed by atoms with van der Waals surface area (Å²) in [6.07, 6.45) is 0.410. The van der Waals surface area contributed by atoms with Crippen LogP contribution in [0.15, 0.2) is 66.7 Å². The lowest BCUT2D eigenvalue weighted by molar-refractivity contribution is -0.122. The Hall–Kier alpha value is -4.13. The fourth-order valence-corrected chi connectivity index (χ4v) is 4.79. The molecule has 7 nitrogen and oxygen atoms in total. The summed E-state index contributed by atoms with van der Waals surface area (Å²) in [4.78, 5) is 43.3. The second kappa shape index (κ2) is 11.5. The highest BCUT2D eigenvalue weighted by Gasteiger charge is 2.44. The minimum atomic E-state index is -0.889. The molecular weight excluding hydrogens is 480 g/mol. The van der Waals surface area contributed by atoms with Gasteiger partial charge in [0.05, 0.1) is 26.3 Å². The van der Waals surface area contributed by atoms with Crippen molar-refractivity contribution >= 4 is 23.4 Å². The highest BCUT2D eigenvalue weighted by molar-refractivity contribution is 6.23. The summed E-state index contributed by atoms with van der Waals surface area (Å²) in [6.45, 7) is 6.30. The molecule has 1 fully saturated rings. The van der Waals surface area contributed by atoms with Crippen LogP contribution in [0, 0.1) is 6.92 Å². The molecule has 1 saturated heterocycles. The zero-order valence-electron chi connectivity index (χ0n) is 22.6. The molecule has 3 amide bonds. The van der Waals surface area contributed by atoms with Gasteiger partial charge in [-0.25, -0.2) is 4.90 Å². The van der Waals surface area contributed by atoms with Crippen molar-refractivity contribution < 1.29 is 23.9 Å². The largest absolute Gasteiger partial charge is 0.493 e. The van der Waals surface area contributed by atoms with E-state index in [9.17, 15) is 14.4 Å². The summed E-state index contributed by atoms with van der Waals surface area (Å²) in [6, 6.07) is 19.4. The van der Waals surface area contributed by atoms with Crippen molar-refractivity contribution in [1.82, 2.24) is 4.90 Å². The third kappa shape index (κ3) is 5.42. The Morgan fingerprint density at radius 3 is 2.29 bits per heavy atom. The number of carbonyl (C=O) groups is 3. The molecule has 0 aromatic heterocycles. The Balaban J connectivity index is 1.64. The van der Waals surface area contributed by atoms with Crippen LogP contribution in [0.25, 0.3) is 0 Å². The molecule has 0 spiro atoms. The standard InChI is InChI=1S/C31H34N2O5/c1-20(2)23-11-13-24(14-12-23)33-29(34)19-26(31(33)36)32(30(35)25-9-7-6-8-21(25)3)17-16-22-10-15-27(37-4)28(18-22)38-5/h6-15,18,20,26H,16-17,19H2,1-5H3. The zero-order chi connectivity index (χ0) is 27.4. The van der Waals surface area contributed by atoms with Gasteiger partial charge in [0.15, 0.2) is 11.5 Å². The molecule has 3 aromatic carbocycles. The van der Waals surface area contributed by atoms with E-state index in [0.29, 0.717) is 35.1 Å². The van der Waals surface area contributed by atoms with Crippen molar-refractivity contribution in [2.75, 3.05) is 25.7 Å². The van der Waals surface area contributed by atoms with Crippen molar-refractivity contribution in [2.45, 2.75) is 45.6 Å². The van der Waals surface area contributed by atoms with Crippen molar-refractivity contribution in [3.8, 4) is 11.5 Å². The second-order valence-electron chi connectivity index (χ2n) is 9.79. The predicted molar refractivity (Wildman–Crippen MR) is 147 cm³/mol. The van der Waals surface area contributed by atoms with Crippen LogP contribution in [-0.4, -0.2) is 49.4 Å². The molecule has 7 heteroatoms. The number of nitrogens with zero attached hydrogens (tertiary/aromatic N) is 2. The van der Waals surface area contributed by atoms with Gasteiger partial charge in [-0.15, -0.1) is 0 Å². The minimum absolute atomic E-state index is 0.0612. The maximum atomic E-state index is 13.8. The monoisotopic (exact) mass is 514 g/mol. The second-order valence-corrected chi connectivity index (χ2v) is 9.79. The molecule has 1 aliphatic rings. The first kappa shape index (κ1) is 26.9. The zero-order valence-corrected chi connectivity index (χ0v) is 22.6. The summed E-state index contributed by atoms with van der Waals surface area (Å²) < 4.78 is 10.8. The number of carbonyl (C=O) groups excluding carboxylic acids is 3.